The first-order valence-corrected chi connectivity index (χ1v) is 5.92. The summed E-state index contributed by atoms with van der Waals surface area (Å²) in [6, 6.07) is 4.54. The molecule has 0 amide bonds. The minimum absolute atomic E-state index is 0.470. The minimum Gasteiger partial charge on any atom is -0.347 e. The SMILES string of the molecule is CCCN1C(C)=C(C#N)C(C)(C)C(C#N)=C1C. The van der Waals surface area contributed by atoms with Crippen molar-refractivity contribution < 1.29 is 0 Å². The maximum Gasteiger partial charge on any atom is 0.0975 e. The van der Waals surface area contributed by atoms with Gasteiger partial charge in [-0.2, -0.15) is 10.5 Å². The molecule has 0 aliphatic carbocycles. The van der Waals surface area contributed by atoms with Crippen molar-refractivity contribution in [2.24, 2.45) is 5.41 Å². The topological polar surface area (TPSA) is 50.8 Å². The Morgan fingerprint density at radius 2 is 1.47 bits per heavy atom. The van der Waals surface area contributed by atoms with Crippen LogP contribution >= 0.6 is 0 Å². The standard InChI is InChI=1S/C14H19N3/c1-6-7-17-10(2)12(8-15)14(4,5)13(9-16)11(17)3/h6-7H2,1-5H3. The summed E-state index contributed by atoms with van der Waals surface area (Å²) in [5.41, 5.74) is 2.90. The van der Waals surface area contributed by atoms with Gasteiger partial charge in [0.05, 0.1) is 23.3 Å². The maximum absolute atomic E-state index is 9.32. The van der Waals surface area contributed by atoms with Crippen molar-refractivity contribution in [3.05, 3.63) is 22.5 Å². The third-order valence-electron chi connectivity index (χ3n) is 3.45. The lowest BCUT2D eigenvalue weighted by molar-refractivity contribution is 0.371. The zero-order valence-electron chi connectivity index (χ0n) is 11.3. The van der Waals surface area contributed by atoms with Gasteiger partial charge in [0.1, 0.15) is 0 Å². The number of allylic oxidation sites excluding steroid dienone is 4. The van der Waals surface area contributed by atoms with Crippen molar-refractivity contribution in [2.75, 3.05) is 6.54 Å². The van der Waals surface area contributed by atoms with Crippen molar-refractivity contribution in [1.82, 2.24) is 4.90 Å². The minimum atomic E-state index is -0.470. The normalized spacial score (nSPS) is 19.1. The number of nitrogens with zero attached hydrogens (tertiary/aromatic N) is 3. The molecular formula is C14H19N3. The van der Waals surface area contributed by atoms with Gasteiger partial charge < -0.3 is 4.90 Å². The molecule has 1 rings (SSSR count). The van der Waals surface area contributed by atoms with E-state index in [0.29, 0.717) is 11.1 Å². The van der Waals surface area contributed by atoms with Gasteiger partial charge in [0.25, 0.3) is 0 Å². The van der Waals surface area contributed by atoms with Crippen LogP contribution in [0.5, 0.6) is 0 Å². The smallest absolute Gasteiger partial charge is 0.0975 e. The van der Waals surface area contributed by atoms with E-state index in [-0.39, 0.29) is 0 Å². The van der Waals surface area contributed by atoms with Gasteiger partial charge in [-0.25, -0.2) is 0 Å². The number of hydrogen-bond donors (Lipinski definition) is 0. The van der Waals surface area contributed by atoms with Crippen molar-refractivity contribution in [1.29, 1.82) is 10.5 Å². The van der Waals surface area contributed by atoms with Crippen LogP contribution in [0, 0.1) is 28.1 Å². The zero-order chi connectivity index (χ0) is 13.2. The summed E-state index contributed by atoms with van der Waals surface area (Å²) in [7, 11) is 0. The molecule has 3 nitrogen and oxygen atoms in total. The summed E-state index contributed by atoms with van der Waals surface area (Å²) < 4.78 is 0. The Kier molecular flexibility index (Phi) is 3.63. The fraction of sp³-hybridized carbons (Fsp3) is 0.571. The summed E-state index contributed by atoms with van der Waals surface area (Å²) in [5, 5.41) is 18.6. The predicted molar refractivity (Wildman–Crippen MR) is 67.4 cm³/mol. The van der Waals surface area contributed by atoms with E-state index in [9.17, 15) is 10.5 Å². The number of hydrogen-bond acceptors (Lipinski definition) is 3. The molecule has 3 heteroatoms. The second-order valence-corrected chi connectivity index (χ2v) is 4.92. The highest BCUT2D eigenvalue weighted by atomic mass is 15.2. The molecule has 1 aliphatic rings. The molecule has 0 radical (unpaired) electrons. The van der Waals surface area contributed by atoms with Gasteiger partial charge in [0, 0.05) is 23.4 Å². The van der Waals surface area contributed by atoms with E-state index < -0.39 is 5.41 Å². The van der Waals surface area contributed by atoms with Crippen molar-refractivity contribution in [3.8, 4) is 12.1 Å². The maximum atomic E-state index is 9.32. The average Bonchev–Trinajstić information content (AvgIpc) is 2.24. The highest BCUT2D eigenvalue weighted by Gasteiger charge is 2.37. The zero-order valence-corrected chi connectivity index (χ0v) is 11.3. The molecule has 17 heavy (non-hydrogen) atoms. The van der Waals surface area contributed by atoms with Crippen LogP contribution in [-0.2, 0) is 0 Å². The number of nitriles is 2. The van der Waals surface area contributed by atoms with Gasteiger partial charge in [-0.05, 0) is 20.3 Å². The van der Waals surface area contributed by atoms with E-state index in [1.165, 1.54) is 0 Å². The molecule has 0 atom stereocenters. The molecule has 1 aliphatic heterocycles. The monoisotopic (exact) mass is 229 g/mol. The molecule has 0 bridgehead atoms. The highest BCUT2D eigenvalue weighted by molar-refractivity contribution is 5.50. The Morgan fingerprint density at radius 1 is 1.06 bits per heavy atom. The van der Waals surface area contributed by atoms with Crippen LogP contribution in [0.4, 0.5) is 0 Å². The van der Waals surface area contributed by atoms with Crippen LogP contribution in [0.3, 0.4) is 0 Å². The van der Waals surface area contributed by atoms with E-state index >= 15 is 0 Å². The lowest BCUT2D eigenvalue weighted by atomic mass is 9.74. The quantitative estimate of drug-likeness (QED) is 0.729. The van der Waals surface area contributed by atoms with Crippen molar-refractivity contribution in [3.63, 3.8) is 0 Å². The molecular weight excluding hydrogens is 210 g/mol. The van der Waals surface area contributed by atoms with Crippen molar-refractivity contribution >= 4 is 0 Å². The Hall–Kier alpha value is -1.74. The predicted octanol–water partition coefficient (Wildman–Crippen LogP) is 3.33. The van der Waals surface area contributed by atoms with Crippen LogP contribution < -0.4 is 0 Å². The fourth-order valence-corrected chi connectivity index (χ4v) is 2.55. The van der Waals surface area contributed by atoms with E-state index in [1.807, 2.05) is 27.7 Å². The molecule has 0 fully saturated rings. The van der Waals surface area contributed by atoms with Crippen LogP contribution in [0.25, 0.3) is 0 Å². The summed E-state index contributed by atoms with van der Waals surface area (Å²) in [6.45, 7) is 10.8. The Labute approximate surface area is 104 Å². The largest absolute Gasteiger partial charge is 0.347 e. The van der Waals surface area contributed by atoms with Gasteiger partial charge in [0.15, 0.2) is 0 Å². The lowest BCUT2D eigenvalue weighted by Gasteiger charge is -2.39. The molecule has 0 unspecified atom stereocenters. The summed E-state index contributed by atoms with van der Waals surface area (Å²) in [6.07, 6.45) is 0.993. The third kappa shape index (κ3) is 1.94. The summed E-state index contributed by atoms with van der Waals surface area (Å²) in [4.78, 5) is 2.09. The van der Waals surface area contributed by atoms with Crippen LogP contribution in [0.15, 0.2) is 22.5 Å². The van der Waals surface area contributed by atoms with Crippen LogP contribution in [0.2, 0.25) is 0 Å². The number of rotatable bonds is 2. The Bertz CT molecular complexity index is 427. The van der Waals surface area contributed by atoms with Gasteiger partial charge in [-0.3, -0.25) is 0 Å². The fourth-order valence-electron chi connectivity index (χ4n) is 2.55. The Balaban J connectivity index is 3.45. The van der Waals surface area contributed by atoms with E-state index in [4.69, 9.17) is 0 Å². The molecule has 0 N–H and O–H groups in total. The van der Waals surface area contributed by atoms with Gasteiger partial charge in [-0.1, -0.05) is 20.8 Å². The molecule has 0 aromatic carbocycles. The van der Waals surface area contributed by atoms with E-state index in [1.54, 1.807) is 0 Å². The first-order valence-electron chi connectivity index (χ1n) is 5.92. The summed E-state index contributed by atoms with van der Waals surface area (Å²) in [5.74, 6) is 0. The molecule has 0 spiro atoms. The van der Waals surface area contributed by atoms with Crippen molar-refractivity contribution in [2.45, 2.75) is 41.0 Å². The second kappa shape index (κ2) is 4.63. The highest BCUT2D eigenvalue weighted by Crippen LogP contribution is 2.43. The molecule has 1 heterocycles. The third-order valence-corrected chi connectivity index (χ3v) is 3.45. The lowest BCUT2D eigenvalue weighted by Crippen LogP contribution is -2.34. The van der Waals surface area contributed by atoms with Crippen LogP contribution in [-0.4, -0.2) is 11.4 Å². The van der Waals surface area contributed by atoms with Gasteiger partial charge in [-0.15, -0.1) is 0 Å². The molecule has 0 aromatic rings. The van der Waals surface area contributed by atoms with Crippen LogP contribution in [0.1, 0.15) is 41.0 Å². The van der Waals surface area contributed by atoms with Gasteiger partial charge >= 0.3 is 0 Å². The second-order valence-electron chi connectivity index (χ2n) is 4.92. The molecule has 0 saturated carbocycles. The molecule has 90 valence electrons. The average molecular weight is 229 g/mol. The first kappa shape index (κ1) is 13.3. The first-order chi connectivity index (χ1) is 7.91. The molecule has 0 aromatic heterocycles. The van der Waals surface area contributed by atoms with E-state index in [2.05, 4.69) is 24.0 Å². The Morgan fingerprint density at radius 3 is 1.76 bits per heavy atom. The summed E-state index contributed by atoms with van der Waals surface area (Å²) >= 11 is 0. The van der Waals surface area contributed by atoms with E-state index in [0.717, 1.165) is 24.4 Å². The van der Waals surface area contributed by atoms with Gasteiger partial charge in [0.2, 0.25) is 0 Å². The molecule has 0 saturated heterocycles.